The van der Waals surface area contributed by atoms with Crippen molar-refractivity contribution in [3.05, 3.63) is 247 Å². The van der Waals surface area contributed by atoms with Crippen molar-refractivity contribution in [1.29, 1.82) is 0 Å². The molecule has 1 nitrogen and oxygen atoms in total. The molecular formula is C53H37N. The van der Waals surface area contributed by atoms with Crippen molar-refractivity contribution >= 4 is 27.8 Å². The van der Waals surface area contributed by atoms with E-state index in [4.69, 9.17) is 0 Å². The van der Waals surface area contributed by atoms with Crippen LogP contribution < -0.4 is 4.90 Å². The average Bonchev–Trinajstić information content (AvgIpc) is 3.57. The zero-order valence-electron chi connectivity index (χ0n) is 29.8. The van der Waals surface area contributed by atoms with Crippen LogP contribution in [0.4, 0.5) is 17.1 Å². The Bertz CT molecular complexity index is 2690. The van der Waals surface area contributed by atoms with Gasteiger partial charge in [-0.15, -0.1) is 0 Å². The molecule has 9 aromatic rings. The summed E-state index contributed by atoms with van der Waals surface area (Å²) >= 11 is 0. The smallest absolute Gasteiger partial charge is 0.0713 e. The molecule has 254 valence electrons. The minimum absolute atomic E-state index is 0.429. The highest BCUT2D eigenvalue weighted by molar-refractivity contribution is 6.00. The largest absolute Gasteiger partial charge is 0.310 e. The second-order valence-corrected chi connectivity index (χ2v) is 14.0. The molecule has 10 rings (SSSR count). The molecule has 1 heteroatoms. The maximum absolute atomic E-state index is 2.39. The number of fused-ring (bicyclic) bond motifs is 4. The summed E-state index contributed by atoms with van der Waals surface area (Å²) in [7, 11) is 0. The van der Waals surface area contributed by atoms with E-state index in [1.54, 1.807) is 0 Å². The van der Waals surface area contributed by atoms with Crippen LogP contribution in [0.15, 0.2) is 224 Å². The van der Waals surface area contributed by atoms with Crippen LogP contribution in [0, 0.1) is 0 Å². The fourth-order valence-electron chi connectivity index (χ4n) is 8.79. The fourth-order valence-corrected chi connectivity index (χ4v) is 8.79. The first kappa shape index (κ1) is 31.7. The van der Waals surface area contributed by atoms with E-state index in [1.807, 2.05) is 0 Å². The Kier molecular flexibility index (Phi) is 7.78. The van der Waals surface area contributed by atoms with Gasteiger partial charge in [-0.05, 0) is 91.4 Å². The summed E-state index contributed by atoms with van der Waals surface area (Å²) in [6.45, 7) is 0. The number of rotatable bonds is 7. The van der Waals surface area contributed by atoms with Crippen LogP contribution in [-0.2, 0) is 5.41 Å². The van der Waals surface area contributed by atoms with Crippen molar-refractivity contribution in [3.63, 3.8) is 0 Å². The molecule has 0 unspecified atom stereocenters. The van der Waals surface area contributed by atoms with Crippen molar-refractivity contribution in [1.82, 2.24) is 0 Å². The van der Waals surface area contributed by atoms with Crippen LogP contribution in [0.2, 0.25) is 0 Å². The van der Waals surface area contributed by atoms with Crippen LogP contribution in [-0.4, -0.2) is 0 Å². The summed E-state index contributed by atoms with van der Waals surface area (Å²) in [4.78, 5) is 2.39. The van der Waals surface area contributed by atoms with E-state index in [2.05, 4.69) is 229 Å². The zero-order chi connectivity index (χ0) is 35.9. The Morgan fingerprint density at radius 3 is 1.48 bits per heavy atom. The van der Waals surface area contributed by atoms with Crippen molar-refractivity contribution in [2.75, 3.05) is 4.90 Å². The topological polar surface area (TPSA) is 3.24 Å². The van der Waals surface area contributed by atoms with Gasteiger partial charge in [-0.1, -0.05) is 194 Å². The van der Waals surface area contributed by atoms with Gasteiger partial charge in [-0.25, -0.2) is 0 Å². The Hall–Kier alpha value is -6.96. The van der Waals surface area contributed by atoms with E-state index in [9.17, 15) is 0 Å². The second kappa shape index (κ2) is 13.2. The molecule has 1 aliphatic rings. The third-order valence-corrected chi connectivity index (χ3v) is 11.2. The molecule has 0 bridgehead atoms. The molecule has 0 saturated carbocycles. The predicted molar refractivity (Wildman–Crippen MR) is 227 cm³/mol. The van der Waals surface area contributed by atoms with Crippen molar-refractivity contribution in [3.8, 4) is 33.4 Å². The maximum atomic E-state index is 2.39. The van der Waals surface area contributed by atoms with E-state index >= 15 is 0 Å². The molecule has 0 amide bonds. The van der Waals surface area contributed by atoms with Gasteiger partial charge in [0.15, 0.2) is 0 Å². The highest BCUT2D eigenvalue weighted by atomic mass is 15.1. The molecular weight excluding hydrogens is 651 g/mol. The first-order chi connectivity index (χ1) is 26.8. The molecule has 0 heterocycles. The zero-order valence-corrected chi connectivity index (χ0v) is 29.8. The molecule has 0 spiro atoms. The lowest BCUT2D eigenvalue weighted by molar-refractivity contribution is 0.768. The maximum Gasteiger partial charge on any atom is 0.0713 e. The SMILES string of the molecule is c1ccc(-c2ccc(N(c3ccc(-c4cccc5c4-c4ccccc4C5(c4ccccc4)c4ccccc4)cc3)c3cccc4ccccc34)cc2)cc1. The van der Waals surface area contributed by atoms with Gasteiger partial charge in [0.25, 0.3) is 0 Å². The Morgan fingerprint density at radius 1 is 0.315 bits per heavy atom. The summed E-state index contributed by atoms with van der Waals surface area (Å²) in [5, 5.41) is 2.43. The lowest BCUT2D eigenvalue weighted by Gasteiger charge is -2.34. The van der Waals surface area contributed by atoms with Gasteiger partial charge in [-0.3, -0.25) is 0 Å². The van der Waals surface area contributed by atoms with Crippen LogP contribution in [0.5, 0.6) is 0 Å². The third-order valence-electron chi connectivity index (χ3n) is 11.2. The van der Waals surface area contributed by atoms with Gasteiger partial charge >= 0.3 is 0 Å². The van der Waals surface area contributed by atoms with Gasteiger partial charge in [0.1, 0.15) is 0 Å². The Balaban J connectivity index is 1.13. The van der Waals surface area contributed by atoms with E-state index in [-0.39, 0.29) is 0 Å². The number of hydrogen-bond donors (Lipinski definition) is 0. The average molecular weight is 688 g/mol. The first-order valence-electron chi connectivity index (χ1n) is 18.7. The summed E-state index contributed by atoms with van der Waals surface area (Å²) < 4.78 is 0. The number of anilines is 3. The van der Waals surface area contributed by atoms with E-state index in [1.165, 1.54) is 66.4 Å². The molecule has 54 heavy (non-hydrogen) atoms. The molecule has 0 radical (unpaired) electrons. The quantitative estimate of drug-likeness (QED) is 0.161. The molecule has 1 aliphatic carbocycles. The lowest BCUT2D eigenvalue weighted by Crippen LogP contribution is -2.28. The molecule has 0 saturated heterocycles. The molecule has 0 atom stereocenters. The molecule has 9 aromatic carbocycles. The highest BCUT2D eigenvalue weighted by Crippen LogP contribution is 2.58. The Morgan fingerprint density at radius 2 is 0.796 bits per heavy atom. The number of nitrogens with zero attached hydrogens (tertiary/aromatic N) is 1. The molecule has 0 aromatic heterocycles. The Labute approximate surface area is 317 Å². The standard InChI is InChI=1S/C53H37N/c1-4-16-38(17-5-1)39-30-34-44(35-31-39)54(51-29-14-19-40-18-10-11-24-46(40)51)45-36-32-41(33-37-45)47-26-15-28-50-52(47)48-25-12-13-27-49(48)53(50,42-20-6-2-7-21-42)43-22-8-3-9-23-43/h1-37H. The van der Waals surface area contributed by atoms with Crippen LogP contribution in [0.25, 0.3) is 44.2 Å². The summed E-state index contributed by atoms with van der Waals surface area (Å²) in [6, 6.07) is 81.8. The van der Waals surface area contributed by atoms with Crippen molar-refractivity contribution in [2.45, 2.75) is 5.41 Å². The monoisotopic (exact) mass is 687 g/mol. The summed E-state index contributed by atoms with van der Waals surface area (Å²) in [6.07, 6.45) is 0. The van der Waals surface area contributed by atoms with E-state index < -0.39 is 5.41 Å². The van der Waals surface area contributed by atoms with Crippen LogP contribution >= 0.6 is 0 Å². The molecule has 0 N–H and O–H groups in total. The predicted octanol–water partition coefficient (Wildman–Crippen LogP) is 14.0. The number of benzene rings is 9. The van der Waals surface area contributed by atoms with E-state index in [0.717, 1.165) is 17.1 Å². The fraction of sp³-hybridized carbons (Fsp3) is 0.0189. The second-order valence-electron chi connectivity index (χ2n) is 14.0. The normalized spacial score (nSPS) is 12.6. The first-order valence-corrected chi connectivity index (χ1v) is 18.7. The molecule has 0 aliphatic heterocycles. The van der Waals surface area contributed by atoms with Crippen molar-refractivity contribution in [2.24, 2.45) is 0 Å². The van der Waals surface area contributed by atoms with Crippen molar-refractivity contribution < 1.29 is 0 Å². The van der Waals surface area contributed by atoms with Gasteiger partial charge in [0, 0.05) is 16.8 Å². The van der Waals surface area contributed by atoms with E-state index in [0.29, 0.717) is 0 Å². The highest BCUT2D eigenvalue weighted by Gasteiger charge is 2.46. The minimum Gasteiger partial charge on any atom is -0.310 e. The third kappa shape index (κ3) is 5.09. The van der Waals surface area contributed by atoms with Gasteiger partial charge in [0.05, 0.1) is 11.1 Å². The van der Waals surface area contributed by atoms with Crippen LogP contribution in [0.3, 0.4) is 0 Å². The molecule has 0 fully saturated rings. The van der Waals surface area contributed by atoms with Gasteiger partial charge in [0.2, 0.25) is 0 Å². The van der Waals surface area contributed by atoms with Gasteiger partial charge < -0.3 is 4.90 Å². The van der Waals surface area contributed by atoms with Gasteiger partial charge in [-0.2, -0.15) is 0 Å². The summed E-state index contributed by atoms with van der Waals surface area (Å²) in [5.74, 6) is 0. The number of hydrogen-bond acceptors (Lipinski definition) is 1. The lowest BCUT2D eigenvalue weighted by atomic mass is 9.67. The minimum atomic E-state index is -0.429. The van der Waals surface area contributed by atoms with Crippen LogP contribution in [0.1, 0.15) is 22.3 Å². The summed E-state index contributed by atoms with van der Waals surface area (Å²) in [5.41, 5.74) is 15.6.